The average Bonchev–Trinajstić information content (AvgIpc) is 3.17. The number of aromatic nitrogens is 4. The van der Waals surface area contributed by atoms with Crippen LogP contribution in [0.2, 0.25) is 0 Å². The minimum absolute atomic E-state index is 0.204. The van der Waals surface area contributed by atoms with E-state index in [1.807, 2.05) is 37.3 Å². The van der Waals surface area contributed by atoms with Gasteiger partial charge in [-0.2, -0.15) is 23.7 Å². The summed E-state index contributed by atoms with van der Waals surface area (Å²) in [6.07, 6.45) is 1.17. The maximum atomic E-state index is 12.9. The Morgan fingerprint density at radius 3 is 2.60 bits per heavy atom. The van der Waals surface area contributed by atoms with Crippen molar-refractivity contribution in [3.05, 3.63) is 65.2 Å². The standard InChI is InChI=1S/C17H17F2N5O/c1-11-15(21-16(25)14-8-9-20-24(14)17(18)19)12(2)23(22-11)10-13-6-4-3-5-7-13/h3-9,17H,10H2,1-2H3,(H,21,25). The van der Waals surface area contributed by atoms with Crippen LogP contribution in [-0.2, 0) is 6.54 Å². The molecule has 0 unspecified atom stereocenters. The van der Waals surface area contributed by atoms with Crippen molar-refractivity contribution in [3.8, 4) is 0 Å². The van der Waals surface area contributed by atoms with Gasteiger partial charge in [-0.15, -0.1) is 0 Å². The monoisotopic (exact) mass is 345 g/mol. The number of benzene rings is 1. The Balaban J connectivity index is 1.83. The lowest BCUT2D eigenvalue weighted by atomic mass is 10.2. The molecule has 0 spiro atoms. The Morgan fingerprint density at radius 1 is 1.20 bits per heavy atom. The molecule has 0 fully saturated rings. The molecule has 6 nitrogen and oxygen atoms in total. The van der Waals surface area contributed by atoms with Crippen molar-refractivity contribution in [2.75, 3.05) is 5.32 Å². The molecule has 0 aliphatic heterocycles. The highest BCUT2D eigenvalue weighted by atomic mass is 19.3. The zero-order valence-corrected chi connectivity index (χ0v) is 13.8. The second kappa shape index (κ2) is 6.84. The maximum Gasteiger partial charge on any atom is 0.333 e. The van der Waals surface area contributed by atoms with Gasteiger partial charge in [-0.25, -0.2) is 0 Å². The van der Waals surface area contributed by atoms with Crippen molar-refractivity contribution in [1.29, 1.82) is 0 Å². The topological polar surface area (TPSA) is 64.7 Å². The van der Waals surface area contributed by atoms with Crippen LogP contribution in [0.3, 0.4) is 0 Å². The third-order valence-electron chi connectivity index (χ3n) is 3.88. The molecule has 3 rings (SSSR count). The molecule has 3 aromatic rings. The van der Waals surface area contributed by atoms with E-state index in [0.29, 0.717) is 22.6 Å². The number of hydrogen-bond acceptors (Lipinski definition) is 3. The predicted octanol–water partition coefficient (Wildman–Crippen LogP) is 3.39. The van der Waals surface area contributed by atoms with Gasteiger partial charge < -0.3 is 5.32 Å². The molecule has 2 aromatic heterocycles. The van der Waals surface area contributed by atoms with Gasteiger partial charge in [0.05, 0.1) is 23.6 Å². The summed E-state index contributed by atoms with van der Waals surface area (Å²) in [4.78, 5) is 12.3. The summed E-state index contributed by atoms with van der Waals surface area (Å²) in [5.74, 6) is -0.650. The van der Waals surface area contributed by atoms with Gasteiger partial charge in [0.15, 0.2) is 0 Å². The highest BCUT2D eigenvalue weighted by molar-refractivity contribution is 6.03. The van der Waals surface area contributed by atoms with Gasteiger partial charge in [0.2, 0.25) is 0 Å². The molecule has 0 atom stereocenters. The van der Waals surface area contributed by atoms with E-state index in [1.165, 1.54) is 12.3 Å². The fraction of sp³-hybridized carbons (Fsp3) is 0.235. The van der Waals surface area contributed by atoms with Gasteiger partial charge in [-0.05, 0) is 25.5 Å². The lowest BCUT2D eigenvalue weighted by Gasteiger charge is -2.08. The Morgan fingerprint density at radius 2 is 1.92 bits per heavy atom. The number of hydrogen-bond donors (Lipinski definition) is 1. The molecule has 0 aliphatic rings. The van der Waals surface area contributed by atoms with Gasteiger partial charge in [0.1, 0.15) is 5.69 Å². The molecule has 0 radical (unpaired) electrons. The lowest BCUT2D eigenvalue weighted by Crippen LogP contribution is -2.19. The van der Waals surface area contributed by atoms with E-state index < -0.39 is 12.5 Å². The van der Waals surface area contributed by atoms with Crippen LogP contribution >= 0.6 is 0 Å². The van der Waals surface area contributed by atoms with Crippen molar-refractivity contribution in [2.45, 2.75) is 26.9 Å². The zero-order valence-electron chi connectivity index (χ0n) is 13.8. The molecular weight excluding hydrogens is 328 g/mol. The number of aryl methyl sites for hydroxylation is 1. The van der Waals surface area contributed by atoms with Crippen LogP contribution in [0.1, 0.15) is 34.0 Å². The second-order valence-corrected chi connectivity index (χ2v) is 5.58. The number of rotatable bonds is 5. The number of halogens is 2. The molecule has 8 heteroatoms. The minimum Gasteiger partial charge on any atom is -0.317 e. The Kier molecular flexibility index (Phi) is 4.60. The van der Waals surface area contributed by atoms with Crippen molar-refractivity contribution in [2.24, 2.45) is 0 Å². The molecule has 1 N–H and O–H groups in total. The van der Waals surface area contributed by atoms with Gasteiger partial charge >= 0.3 is 6.55 Å². The Bertz CT molecular complexity index is 886. The highest BCUT2D eigenvalue weighted by Crippen LogP contribution is 2.22. The molecular formula is C17H17F2N5O. The summed E-state index contributed by atoms with van der Waals surface area (Å²) < 4.78 is 27.9. The summed E-state index contributed by atoms with van der Waals surface area (Å²) in [6, 6.07) is 11.0. The molecule has 2 heterocycles. The Labute approximate surface area is 143 Å². The largest absolute Gasteiger partial charge is 0.333 e. The quantitative estimate of drug-likeness (QED) is 0.771. The first-order valence-electron chi connectivity index (χ1n) is 7.68. The molecule has 0 saturated heterocycles. The zero-order chi connectivity index (χ0) is 18.0. The molecule has 25 heavy (non-hydrogen) atoms. The Hall–Kier alpha value is -3.03. The second-order valence-electron chi connectivity index (χ2n) is 5.58. The van der Waals surface area contributed by atoms with Gasteiger partial charge in [-0.3, -0.25) is 9.48 Å². The number of anilines is 1. The smallest absolute Gasteiger partial charge is 0.317 e. The first-order chi connectivity index (χ1) is 12.0. The van der Waals surface area contributed by atoms with Crippen LogP contribution in [0.15, 0.2) is 42.6 Å². The first kappa shape index (κ1) is 16.8. The van der Waals surface area contributed by atoms with E-state index >= 15 is 0 Å². The van der Waals surface area contributed by atoms with Crippen LogP contribution < -0.4 is 5.32 Å². The van der Waals surface area contributed by atoms with E-state index in [1.54, 1.807) is 11.6 Å². The molecule has 130 valence electrons. The molecule has 1 aromatic carbocycles. The van der Waals surface area contributed by atoms with Crippen LogP contribution in [0.4, 0.5) is 14.5 Å². The van der Waals surface area contributed by atoms with Crippen molar-refractivity contribution in [3.63, 3.8) is 0 Å². The first-order valence-corrected chi connectivity index (χ1v) is 7.68. The number of carbonyl (C=O) groups excluding carboxylic acids is 1. The van der Waals surface area contributed by atoms with Crippen LogP contribution in [0.25, 0.3) is 0 Å². The van der Waals surface area contributed by atoms with Crippen LogP contribution in [-0.4, -0.2) is 25.5 Å². The molecule has 1 amide bonds. The highest BCUT2D eigenvalue weighted by Gasteiger charge is 2.21. The number of nitrogens with one attached hydrogen (secondary N) is 1. The summed E-state index contributed by atoms with van der Waals surface area (Å²) in [6.45, 7) is 1.26. The van der Waals surface area contributed by atoms with E-state index in [9.17, 15) is 13.6 Å². The third-order valence-corrected chi connectivity index (χ3v) is 3.88. The lowest BCUT2D eigenvalue weighted by molar-refractivity contribution is 0.0520. The minimum atomic E-state index is -2.88. The van der Waals surface area contributed by atoms with Crippen LogP contribution in [0, 0.1) is 13.8 Å². The molecule has 0 aliphatic carbocycles. The number of nitrogens with zero attached hydrogens (tertiary/aromatic N) is 4. The fourth-order valence-corrected chi connectivity index (χ4v) is 2.62. The predicted molar refractivity (Wildman–Crippen MR) is 88.7 cm³/mol. The third kappa shape index (κ3) is 3.42. The van der Waals surface area contributed by atoms with Gasteiger partial charge in [-0.1, -0.05) is 30.3 Å². The summed E-state index contributed by atoms with van der Waals surface area (Å²) >= 11 is 0. The summed E-state index contributed by atoms with van der Waals surface area (Å²) in [7, 11) is 0. The van der Waals surface area contributed by atoms with E-state index in [-0.39, 0.29) is 5.69 Å². The maximum absolute atomic E-state index is 12.9. The number of amides is 1. The fourth-order valence-electron chi connectivity index (χ4n) is 2.62. The number of carbonyl (C=O) groups is 1. The van der Waals surface area contributed by atoms with Crippen LogP contribution in [0.5, 0.6) is 0 Å². The van der Waals surface area contributed by atoms with Crippen molar-refractivity contribution in [1.82, 2.24) is 19.6 Å². The average molecular weight is 345 g/mol. The summed E-state index contributed by atoms with van der Waals surface area (Å²) in [5, 5.41) is 10.6. The molecule has 0 bridgehead atoms. The van der Waals surface area contributed by atoms with Crippen molar-refractivity contribution < 1.29 is 13.6 Å². The van der Waals surface area contributed by atoms with Crippen molar-refractivity contribution >= 4 is 11.6 Å². The summed E-state index contributed by atoms with van der Waals surface area (Å²) in [5.41, 5.74) is 2.75. The van der Waals surface area contributed by atoms with Gasteiger partial charge in [0, 0.05) is 6.20 Å². The van der Waals surface area contributed by atoms with Gasteiger partial charge in [0.25, 0.3) is 5.91 Å². The van der Waals surface area contributed by atoms with E-state index in [2.05, 4.69) is 15.5 Å². The van der Waals surface area contributed by atoms with E-state index in [4.69, 9.17) is 0 Å². The van der Waals surface area contributed by atoms with E-state index in [0.717, 1.165) is 11.3 Å². The SMILES string of the molecule is Cc1nn(Cc2ccccc2)c(C)c1NC(=O)c1ccnn1C(F)F. The molecule has 0 saturated carbocycles. The number of alkyl halides is 2. The normalized spacial score (nSPS) is 11.1.